The van der Waals surface area contributed by atoms with E-state index in [1.54, 1.807) is 61.8 Å². The molecule has 0 spiro atoms. The van der Waals surface area contributed by atoms with Crippen LogP contribution in [0, 0.1) is 0 Å². The molecule has 72 heavy (non-hydrogen) atoms. The van der Waals surface area contributed by atoms with Gasteiger partial charge in [0.05, 0.1) is 15.3 Å². The standard InChI is InChI=1S/C26H32ClN3O5S2.C24H28ClN3O5S2/c1-26(2,3)35-24(31)17-30(37(33,34)14-11-21-8-9-23(27)36-21)22-10-13-29(25(22)32)20-7-6-19-16-28-12-4-5-18(19)15-20;1-2-33-23(29)16-28(35(31,32)13-10-20-7-8-22(25)34-20)21-9-12-27(24(21)30)19-6-5-18-15-26-11-3-4-17(18)14-19/h6-9,11,14-15,22,28H,4-5,10,12-13,16-17H2,1-3H3;5-8,10,13-14,21,26H,2-4,9,11-12,15-16H2,1H3/b14-11+;13-10+/t22-;21-/m00/s1. The number of rotatable bonds is 15. The highest BCUT2D eigenvalue weighted by molar-refractivity contribution is 7.92. The molecule has 0 radical (unpaired) electrons. The molecule has 22 heteroatoms. The molecule has 4 aliphatic heterocycles. The Kier molecular flexibility index (Phi) is 18.6. The number of benzene rings is 2. The van der Waals surface area contributed by atoms with Crippen molar-refractivity contribution in [1.29, 1.82) is 0 Å². The molecular weight excluding hydrogens is 1040 g/mol. The summed E-state index contributed by atoms with van der Waals surface area (Å²) in [5.41, 5.74) is 5.49. The maximum atomic E-state index is 13.6. The second-order valence-corrected chi connectivity index (χ2v) is 25.6. The van der Waals surface area contributed by atoms with E-state index >= 15 is 0 Å². The lowest BCUT2D eigenvalue weighted by Crippen LogP contribution is -2.48. The molecule has 2 fully saturated rings. The van der Waals surface area contributed by atoms with Gasteiger partial charge in [-0.25, -0.2) is 16.8 Å². The van der Waals surface area contributed by atoms with Gasteiger partial charge in [0.1, 0.15) is 30.8 Å². The van der Waals surface area contributed by atoms with Crippen LogP contribution in [0.1, 0.15) is 85.4 Å². The van der Waals surface area contributed by atoms with Crippen molar-refractivity contribution in [2.75, 3.05) is 55.7 Å². The molecule has 2 aromatic carbocycles. The van der Waals surface area contributed by atoms with Gasteiger partial charge in [-0.3, -0.25) is 19.2 Å². The summed E-state index contributed by atoms with van der Waals surface area (Å²) in [6.45, 7) is 9.97. The zero-order valence-corrected chi connectivity index (χ0v) is 45.4. The van der Waals surface area contributed by atoms with E-state index in [1.165, 1.54) is 57.1 Å². The Hall–Kier alpha value is -4.48. The number of hydrogen-bond donors (Lipinski definition) is 2. The molecule has 4 aliphatic rings. The van der Waals surface area contributed by atoms with Crippen LogP contribution < -0.4 is 20.4 Å². The van der Waals surface area contributed by atoms with E-state index in [1.807, 2.05) is 36.4 Å². The Labute approximate surface area is 440 Å². The second-order valence-electron chi connectivity index (χ2n) is 18.5. The monoisotopic (exact) mass is 1100 g/mol. The number of ether oxygens (including phenoxy) is 2. The van der Waals surface area contributed by atoms with E-state index in [0.29, 0.717) is 31.5 Å². The van der Waals surface area contributed by atoms with Gasteiger partial charge in [0.25, 0.3) is 0 Å². The number of fused-ring (bicyclic) bond motifs is 2. The molecule has 4 aromatic rings. The number of carbonyl (C=O) groups is 4. The van der Waals surface area contributed by atoms with Gasteiger partial charge in [-0.1, -0.05) is 35.3 Å². The molecule has 16 nitrogen and oxygen atoms in total. The molecule has 0 saturated carbocycles. The number of carbonyl (C=O) groups excluding carboxylic acids is 4. The Morgan fingerprint density at radius 2 is 1.14 bits per heavy atom. The van der Waals surface area contributed by atoms with Crippen LogP contribution in [-0.2, 0) is 74.6 Å². The first-order valence-electron chi connectivity index (χ1n) is 23.8. The van der Waals surface area contributed by atoms with Gasteiger partial charge in [0.15, 0.2) is 0 Å². The Balaban J connectivity index is 0.000000212. The molecule has 6 heterocycles. The fourth-order valence-electron chi connectivity index (χ4n) is 8.89. The van der Waals surface area contributed by atoms with Crippen molar-refractivity contribution in [1.82, 2.24) is 19.2 Å². The van der Waals surface area contributed by atoms with E-state index in [9.17, 15) is 36.0 Å². The summed E-state index contributed by atoms with van der Waals surface area (Å²) < 4.78 is 66.8. The smallest absolute Gasteiger partial charge is 0.321 e. The van der Waals surface area contributed by atoms with Crippen LogP contribution in [0.25, 0.3) is 12.2 Å². The summed E-state index contributed by atoms with van der Waals surface area (Å²) in [6, 6.07) is 16.6. The molecule has 0 aliphatic carbocycles. The minimum absolute atomic E-state index is 0.116. The molecule has 2 N–H and O–H groups in total. The van der Waals surface area contributed by atoms with Gasteiger partial charge < -0.3 is 29.9 Å². The van der Waals surface area contributed by atoms with Crippen LogP contribution in [0.15, 0.2) is 71.5 Å². The zero-order valence-electron chi connectivity index (χ0n) is 40.6. The van der Waals surface area contributed by atoms with E-state index in [-0.39, 0.29) is 31.3 Å². The van der Waals surface area contributed by atoms with Crippen molar-refractivity contribution in [3.8, 4) is 0 Å². The third-order valence-corrected chi connectivity index (χ3v) is 17.7. The molecule has 2 saturated heterocycles. The minimum atomic E-state index is -4.14. The van der Waals surface area contributed by atoms with Crippen molar-refractivity contribution < 1.29 is 45.5 Å². The highest BCUT2D eigenvalue weighted by atomic mass is 35.5. The highest BCUT2D eigenvalue weighted by Crippen LogP contribution is 2.32. The zero-order chi connectivity index (χ0) is 51.8. The first-order valence-corrected chi connectivity index (χ1v) is 29.2. The topological polar surface area (TPSA) is 192 Å². The SMILES string of the molecule is CC(C)(C)OC(=O)CN([C@H]1CCN(c2ccc3c(c2)CCCNC3)C1=O)S(=O)(=O)/C=C/c1ccc(Cl)s1.CCOC(=O)CN([C@H]1CCN(c2ccc3c(c2)CCCNC3)C1=O)S(=O)(=O)/C=C/c1ccc(Cl)s1. The summed E-state index contributed by atoms with van der Waals surface area (Å²) in [5.74, 6) is -2.12. The Morgan fingerprint density at radius 3 is 1.54 bits per heavy atom. The largest absolute Gasteiger partial charge is 0.465 e. The molecular formula is C50H60Cl2N6O10S4. The Bertz CT molecular complexity index is 2920. The quantitative estimate of drug-likeness (QED) is 0.111. The number of thiophene rings is 2. The van der Waals surface area contributed by atoms with E-state index in [2.05, 4.69) is 10.6 Å². The van der Waals surface area contributed by atoms with Crippen molar-refractivity contribution in [3.63, 3.8) is 0 Å². The van der Waals surface area contributed by atoms with Gasteiger partial charge in [0.2, 0.25) is 31.9 Å². The fraction of sp³-hybridized carbons (Fsp3) is 0.440. The average molecular weight is 1100 g/mol. The van der Waals surface area contributed by atoms with Crippen molar-refractivity contribution in [2.45, 2.75) is 97.0 Å². The van der Waals surface area contributed by atoms with E-state index < -0.39 is 62.8 Å². The van der Waals surface area contributed by atoms with Crippen LogP contribution in [-0.4, -0.2) is 113 Å². The van der Waals surface area contributed by atoms with Gasteiger partial charge in [-0.2, -0.15) is 8.61 Å². The third kappa shape index (κ3) is 14.4. The maximum Gasteiger partial charge on any atom is 0.321 e. The first kappa shape index (κ1) is 55.3. The number of esters is 2. The van der Waals surface area contributed by atoms with Gasteiger partial charge in [-0.15, -0.1) is 22.7 Å². The predicted molar refractivity (Wildman–Crippen MR) is 285 cm³/mol. The average Bonchev–Trinajstić information content (AvgIpc) is 4.05. The van der Waals surface area contributed by atoms with Gasteiger partial charge in [-0.05, 0) is 162 Å². The summed E-state index contributed by atoms with van der Waals surface area (Å²) in [4.78, 5) is 56.6. The van der Waals surface area contributed by atoms with Crippen LogP contribution >= 0.6 is 45.9 Å². The first-order chi connectivity index (χ1) is 34.2. The highest BCUT2D eigenvalue weighted by Gasteiger charge is 2.44. The van der Waals surface area contributed by atoms with Crippen LogP contribution in [0.5, 0.6) is 0 Å². The number of nitrogens with zero attached hydrogens (tertiary/aromatic N) is 4. The molecule has 0 unspecified atom stereocenters. The van der Waals surface area contributed by atoms with Crippen LogP contribution in [0.2, 0.25) is 8.67 Å². The number of hydrogen-bond acceptors (Lipinski definition) is 14. The second kappa shape index (κ2) is 24.2. The van der Waals surface area contributed by atoms with Crippen LogP contribution in [0.4, 0.5) is 11.4 Å². The summed E-state index contributed by atoms with van der Waals surface area (Å²) in [5, 5.41) is 8.80. The van der Waals surface area contributed by atoms with Crippen LogP contribution in [0.3, 0.4) is 0 Å². The third-order valence-electron chi connectivity index (χ3n) is 12.2. The summed E-state index contributed by atoms with van der Waals surface area (Å²) >= 11 is 14.4. The number of aryl methyl sites for hydroxylation is 2. The lowest BCUT2D eigenvalue weighted by molar-refractivity contribution is -0.155. The summed E-state index contributed by atoms with van der Waals surface area (Å²) in [7, 11) is -8.25. The molecule has 0 bridgehead atoms. The molecule has 2 amide bonds. The molecule has 388 valence electrons. The van der Waals surface area contributed by atoms with Crippen molar-refractivity contribution in [3.05, 3.63) is 112 Å². The number of anilines is 2. The number of amides is 2. The van der Waals surface area contributed by atoms with Gasteiger partial charge >= 0.3 is 11.9 Å². The fourth-order valence-corrected chi connectivity index (χ4v) is 13.6. The molecule has 8 rings (SSSR count). The number of nitrogens with one attached hydrogen (secondary N) is 2. The lowest BCUT2D eigenvalue weighted by atomic mass is 10.0. The molecule has 2 aromatic heterocycles. The van der Waals surface area contributed by atoms with Crippen molar-refractivity contribution >= 4 is 113 Å². The molecule has 2 atom stereocenters. The predicted octanol–water partition coefficient (Wildman–Crippen LogP) is 7.60. The minimum Gasteiger partial charge on any atom is -0.465 e. The summed E-state index contributed by atoms with van der Waals surface area (Å²) in [6.07, 6.45) is 7.23. The maximum absolute atomic E-state index is 13.6. The Morgan fingerprint density at radius 1 is 0.694 bits per heavy atom. The lowest BCUT2D eigenvalue weighted by Gasteiger charge is -2.27. The van der Waals surface area contributed by atoms with E-state index in [4.69, 9.17) is 32.7 Å². The van der Waals surface area contributed by atoms with E-state index in [0.717, 1.165) is 82.7 Å². The number of sulfonamides is 2. The number of halogens is 2. The van der Waals surface area contributed by atoms with Gasteiger partial charge in [0, 0.05) is 58.1 Å². The normalized spacial score (nSPS) is 18.8. The van der Waals surface area contributed by atoms with Crippen molar-refractivity contribution in [2.24, 2.45) is 0 Å².